The first-order valence-electron chi connectivity index (χ1n) is 5.36. The van der Waals surface area contributed by atoms with Crippen molar-refractivity contribution >= 4 is 44.8 Å². The average molecular weight is 340 g/mol. The van der Waals surface area contributed by atoms with E-state index in [1.165, 1.54) is 18.4 Å². The van der Waals surface area contributed by atoms with E-state index in [2.05, 4.69) is 26.0 Å². The zero-order chi connectivity index (χ0) is 13.8. The van der Waals surface area contributed by atoms with E-state index in [9.17, 15) is 9.59 Å². The molecular weight excluding hydrogens is 330 g/mol. The summed E-state index contributed by atoms with van der Waals surface area (Å²) in [6, 6.07) is 10.2. The maximum Gasteiger partial charge on any atom is 0.339 e. The third-order valence-electron chi connectivity index (χ3n) is 2.38. The van der Waals surface area contributed by atoms with Gasteiger partial charge in [0.25, 0.3) is 5.91 Å². The van der Waals surface area contributed by atoms with Gasteiger partial charge in [-0.05, 0) is 40.2 Å². The van der Waals surface area contributed by atoms with Gasteiger partial charge < -0.3 is 10.1 Å². The topological polar surface area (TPSA) is 55.4 Å². The number of anilines is 1. The van der Waals surface area contributed by atoms with Gasteiger partial charge in [0.2, 0.25) is 0 Å². The number of carbonyl (C=O) groups excluding carboxylic acids is 2. The molecule has 98 valence electrons. The van der Waals surface area contributed by atoms with Crippen LogP contribution in [-0.4, -0.2) is 19.0 Å². The Balaban J connectivity index is 2.24. The van der Waals surface area contributed by atoms with Gasteiger partial charge in [-0.2, -0.15) is 0 Å². The Morgan fingerprint density at radius 2 is 1.95 bits per heavy atom. The minimum atomic E-state index is -0.483. The van der Waals surface area contributed by atoms with Crippen LogP contribution in [0.1, 0.15) is 20.0 Å². The Morgan fingerprint density at radius 1 is 1.21 bits per heavy atom. The summed E-state index contributed by atoms with van der Waals surface area (Å²) in [4.78, 5) is 24.2. The zero-order valence-electron chi connectivity index (χ0n) is 9.98. The Hall–Kier alpha value is -1.66. The van der Waals surface area contributed by atoms with Crippen LogP contribution in [-0.2, 0) is 4.74 Å². The van der Waals surface area contributed by atoms with Crippen LogP contribution in [0.25, 0.3) is 0 Å². The molecular formula is C13H10BrNO3S. The van der Waals surface area contributed by atoms with Crippen LogP contribution in [0.5, 0.6) is 0 Å². The van der Waals surface area contributed by atoms with Crippen molar-refractivity contribution in [2.24, 2.45) is 0 Å². The summed E-state index contributed by atoms with van der Waals surface area (Å²) in [6.07, 6.45) is 0. The minimum Gasteiger partial charge on any atom is -0.465 e. The summed E-state index contributed by atoms with van der Waals surface area (Å²) in [7, 11) is 1.30. The molecule has 0 unspecified atom stereocenters. The Bertz CT molecular complexity index is 624. The highest BCUT2D eigenvalue weighted by Gasteiger charge is 2.15. The lowest BCUT2D eigenvalue weighted by molar-refractivity contribution is 0.0602. The van der Waals surface area contributed by atoms with Gasteiger partial charge in [0.15, 0.2) is 0 Å². The van der Waals surface area contributed by atoms with E-state index in [4.69, 9.17) is 0 Å². The molecule has 0 aliphatic rings. The lowest BCUT2D eigenvalue weighted by Crippen LogP contribution is -2.14. The van der Waals surface area contributed by atoms with Crippen LogP contribution in [0, 0.1) is 0 Å². The first kappa shape index (κ1) is 13.8. The van der Waals surface area contributed by atoms with Crippen molar-refractivity contribution in [2.75, 3.05) is 12.4 Å². The lowest BCUT2D eigenvalue weighted by Gasteiger charge is -2.08. The molecule has 1 amide bonds. The molecule has 1 aromatic carbocycles. The normalized spacial score (nSPS) is 10.0. The summed E-state index contributed by atoms with van der Waals surface area (Å²) >= 11 is 4.62. The highest BCUT2D eigenvalue weighted by atomic mass is 79.9. The number of nitrogens with one attached hydrogen (secondary N) is 1. The van der Waals surface area contributed by atoms with Crippen molar-refractivity contribution in [3.05, 3.63) is 50.6 Å². The fourth-order valence-electron chi connectivity index (χ4n) is 1.50. The van der Waals surface area contributed by atoms with Crippen LogP contribution in [0.15, 0.2) is 40.2 Å². The van der Waals surface area contributed by atoms with Crippen LogP contribution in [0.2, 0.25) is 0 Å². The number of carbonyl (C=O) groups is 2. The first-order chi connectivity index (χ1) is 9.11. The maximum absolute atomic E-state index is 12.0. The fraction of sp³-hybridized carbons (Fsp3) is 0.0769. The van der Waals surface area contributed by atoms with Crippen molar-refractivity contribution < 1.29 is 14.3 Å². The molecule has 0 saturated carbocycles. The van der Waals surface area contributed by atoms with E-state index in [1.807, 2.05) is 0 Å². The summed E-state index contributed by atoms with van der Waals surface area (Å²) in [6.45, 7) is 0. The molecule has 2 rings (SSSR count). The summed E-state index contributed by atoms with van der Waals surface area (Å²) in [5.74, 6) is -0.740. The van der Waals surface area contributed by atoms with Crippen LogP contribution in [0.3, 0.4) is 0 Å². The number of ether oxygens (including phenoxy) is 1. The molecule has 0 bridgehead atoms. The maximum atomic E-state index is 12.0. The second kappa shape index (κ2) is 5.99. The lowest BCUT2D eigenvalue weighted by atomic mass is 10.2. The average Bonchev–Trinajstić information content (AvgIpc) is 2.85. The third kappa shape index (κ3) is 3.21. The molecule has 4 nitrogen and oxygen atoms in total. The van der Waals surface area contributed by atoms with Crippen molar-refractivity contribution in [1.29, 1.82) is 0 Å². The van der Waals surface area contributed by atoms with Crippen molar-refractivity contribution in [3.63, 3.8) is 0 Å². The SMILES string of the molecule is COC(=O)c1ccccc1NC(=O)c1ccc(Br)s1. The largest absolute Gasteiger partial charge is 0.465 e. The van der Waals surface area contributed by atoms with Gasteiger partial charge in [-0.3, -0.25) is 4.79 Å². The Kier molecular flexibility index (Phi) is 4.34. The number of halogens is 1. The molecule has 1 heterocycles. The van der Waals surface area contributed by atoms with E-state index in [0.29, 0.717) is 16.1 Å². The number of thiophene rings is 1. The molecule has 0 aliphatic heterocycles. The van der Waals surface area contributed by atoms with E-state index in [1.54, 1.807) is 36.4 Å². The van der Waals surface area contributed by atoms with Crippen LogP contribution >= 0.6 is 27.3 Å². The highest BCUT2D eigenvalue weighted by Crippen LogP contribution is 2.24. The molecule has 0 radical (unpaired) electrons. The van der Waals surface area contributed by atoms with Gasteiger partial charge in [-0.15, -0.1) is 11.3 Å². The summed E-state index contributed by atoms with van der Waals surface area (Å²) < 4.78 is 5.55. The molecule has 19 heavy (non-hydrogen) atoms. The predicted octanol–water partition coefficient (Wildman–Crippen LogP) is 3.55. The molecule has 0 spiro atoms. The molecule has 0 fully saturated rings. The van der Waals surface area contributed by atoms with Crippen molar-refractivity contribution in [1.82, 2.24) is 0 Å². The van der Waals surface area contributed by atoms with E-state index >= 15 is 0 Å². The van der Waals surface area contributed by atoms with Gasteiger partial charge in [0.1, 0.15) is 0 Å². The van der Waals surface area contributed by atoms with E-state index in [0.717, 1.165) is 3.79 Å². The third-order valence-corrected chi connectivity index (χ3v) is 4.00. The minimum absolute atomic E-state index is 0.257. The highest BCUT2D eigenvalue weighted by molar-refractivity contribution is 9.11. The van der Waals surface area contributed by atoms with E-state index in [-0.39, 0.29) is 5.91 Å². The summed E-state index contributed by atoms with van der Waals surface area (Å²) in [5, 5.41) is 2.71. The van der Waals surface area contributed by atoms with Crippen LogP contribution in [0.4, 0.5) is 5.69 Å². The molecule has 0 saturated heterocycles. The molecule has 1 aromatic heterocycles. The van der Waals surface area contributed by atoms with Gasteiger partial charge in [-0.1, -0.05) is 12.1 Å². The molecule has 1 N–H and O–H groups in total. The number of amides is 1. The molecule has 0 aliphatic carbocycles. The standard InChI is InChI=1S/C13H10BrNO3S/c1-18-13(17)8-4-2-3-5-9(8)15-12(16)10-6-7-11(14)19-10/h2-7H,1H3,(H,15,16). The smallest absolute Gasteiger partial charge is 0.339 e. The number of hydrogen-bond donors (Lipinski definition) is 1. The van der Waals surface area contributed by atoms with Crippen LogP contribution < -0.4 is 5.32 Å². The Labute approximate surface area is 122 Å². The zero-order valence-corrected chi connectivity index (χ0v) is 12.4. The van der Waals surface area contributed by atoms with Crippen molar-refractivity contribution in [2.45, 2.75) is 0 Å². The monoisotopic (exact) mass is 339 g/mol. The predicted molar refractivity (Wildman–Crippen MR) is 77.8 cm³/mol. The second-order valence-corrected chi connectivity index (χ2v) is 6.06. The van der Waals surface area contributed by atoms with Crippen molar-refractivity contribution in [3.8, 4) is 0 Å². The second-order valence-electron chi connectivity index (χ2n) is 3.60. The quantitative estimate of drug-likeness (QED) is 0.870. The number of esters is 1. The first-order valence-corrected chi connectivity index (χ1v) is 6.97. The molecule has 6 heteroatoms. The number of para-hydroxylation sites is 1. The number of rotatable bonds is 3. The molecule has 2 aromatic rings. The Morgan fingerprint density at radius 3 is 2.58 bits per heavy atom. The van der Waals surface area contributed by atoms with E-state index < -0.39 is 5.97 Å². The molecule has 0 atom stereocenters. The van der Waals surface area contributed by atoms with Gasteiger partial charge in [0.05, 0.1) is 27.0 Å². The fourth-order valence-corrected chi connectivity index (χ4v) is 2.78. The summed E-state index contributed by atoms with van der Waals surface area (Å²) in [5.41, 5.74) is 0.762. The van der Waals surface area contributed by atoms with Gasteiger partial charge >= 0.3 is 5.97 Å². The number of hydrogen-bond acceptors (Lipinski definition) is 4. The number of benzene rings is 1. The van der Waals surface area contributed by atoms with Gasteiger partial charge in [-0.25, -0.2) is 4.79 Å². The van der Waals surface area contributed by atoms with Gasteiger partial charge in [0, 0.05) is 0 Å². The number of methoxy groups -OCH3 is 1.